The summed E-state index contributed by atoms with van der Waals surface area (Å²) in [7, 11) is 0.0117. The number of sulfonamides is 1. The van der Waals surface area contributed by atoms with Gasteiger partial charge in [-0.1, -0.05) is 13.0 Å². The van der Waals surface area contributed by atoms with Crippen LogP contribution in [0.5, 0.6) is 11.5 Å². The van der Waals surface area contributed by atoms with Crippen molar-refractivity contribution in [2.75, 3.05) is 52.3 Å². The molecule has 2 aromatic rings. The Morgan fingerprint density at radius 2 is 1.76 bits per heavy atom. The Labute approximate surface area is 195 Å². The number of nitrogens with zero attached hydrogens (tertiary/aromatic N) is 2. The summed E-state index contributed by atoms with van der Waals surface area (Å²) >= 11 is 0. The van der Waals surface area contributed by atoms with Gasteiger partial charge in [0.2, 0.25) is 15.9 Å². The maximum Gasteiger partial charge on any atom is 0.248 e. The van der Waals surface area contributed by atoms with Gasteiger partial charge in [0.1, 0.15) is 0 Å². The summed E-state index contributed by atoms with van der Waals surface area (Å²) in [5.74, 6) is 0.936. The lowest BCUT2D eigenvalue weighted by atomic mass is 10.2. The topological polar surface area (TPSA) is 88.2 Å². The van der Waals surface area contributed by atoms with Crippen LogP contribution in [0.2, 0.25) is 0 Å². The average molecular weight is 474 g/mol. The second-order valence-corrected chi connectivity index (χ2v) is 9.75. The highest BCUT2D eigenvalue weighted by atomic mass is 32.2. The van der Waals surface area contributed by atoms with Gasteiger partial charge < -0.3 is 19.7 Å². The molecule has 0 aromatic heterocycles. The summed E-state index contributed by atoms with van der Waals surface area (Å²) in [6, 6.07) is 11.7. The van der Waals surface area contributed by atoms with Gasteiger partial charge in [0.05, 0.1) is 18.6 Å². The molecule has 33 heavy (non-hydrogen) atoms. The molecule has 0 atom stereocenters. The minimum atomic E-state index is -3.54. The van der Waals surface area contributed by atoms with Crippen LogP contribution < -0.4 is 14.8 Å². The van der Waals surface area contributed by atoms with Crippen LogP contribution in [0.4, 0.5) is 5.69 Å². The predicted molar refractivity (Wildman–Crippen MR) is 129 cm³/mol. The zero-order valence-corrected chi connectivity index (χ0v) is 20.1. The lowest BCUT2D eigenvalue weighted by molar-refractivity contribution is -0.111. The van der Waals surface area contributed by atoms with E-state index in [1.54, 1.807) is 31.4 Å². The average Bonchev–Trinajstić information content (AvgIpc) is 2.82. The molecule has 1 heterocycles. The summed E-state index contributed by atoms with van der Waals surface area (Å²) in [5.41, 5.74) is 1.31. The van der Waals surface area contributed by atoms with Gasteiger partial charge in [-0.05, 0) is 61.5 Å². The van der Waals surface area contributed by atoms with E-state index in [1.807, 2.05) is 26.1 Å². The highest BCUT2D eigenvalue weighted by Gasteiger charge is 2.27. The van der Waals surface area contributed by atoms with Crippen molar-refractivity contribution in [1.29, 1.82) is 0 Å². The van der Waals surface area contributed by atoms with E-state index in [0.29, 0.717) is 50.0 Å². The summed E-state index contributed by atoms with van der Waals surface area (Å²) < 4.78 is 38.1. The molecular weight excluding hydrogens is 442 g/mol. The number of nitrogens with one attached hydrogen (secondary N) is 1. The number of rotatable bonds is 9. The first-order valence-electron chi connectivity index (χ1n) is 10.9. The second-order valence-electron chi connectivity index (χ2n) is 7.81. The fraction of sp³-hybridized carbons (Fsp3) is 0.375. The fourth-order valence-corrected chi connectivity index (χ4v) is 4.78. The summed E-state index contributed by atoms with van der Waals surface area (Å²) in [6.45, 7) is 4.99. The van der Waals surface area contributed by atoms with Crippen LogP contribution in [0.15, 0.2) is 53.4 Å². The zero-order valence-electron chi connectivity index (χ0n) is 19.3. The lowest BCUT2D eigenvalue weighted by Gasteiger charge is -2.31. The van der Waals surface area contributed by atoms with Crippen molar-refractivity contribution in [3.63, 3.8) is 0 Å². The number of hydrogen-bond donors (Lipinski definition) is 1. The molecule has 1 aliphatic heterocycles. The molecule has 1 amide bonds. The SMILES string of the molecule is CCCOc1ccc(/C=C/C(=O)Nc2ccc(S(=O)(=O)N3CCN(C)CC3)cc2)cc1OC. The second kappa shape index (κ2) is 11.3. The number of hydrogen-bond acceptors (Lipinski definition) is 6. The molecule has 3 rings (SSSR count). The van der Waals surface area contributed by atoms with Crippen molar-refractivity contribution in [3.05, 3.63) is 54.1 Å². The van der Waals surface area contributed by atoms with Crippen molar-refractivity contribution in [1.82, 2.24) is 9.21 Å². The number of amides is 1. The highest BCUT2D eigenvalue weighted by Crippen LogP contribution is 2.28. The predicted octanol–water partition coefficient (Wildman–Crippen LogP) is 3.07. The van der Waals surface area contributed by atoms with Crippen LogP contribution >= 0.6 is 0 Å². The Hall–Kier alpha value is -2.88. The molecule has 0 spiro atoms. The van der Waals surface area contributed by atoms with Crippen molar-refractivity contribution >= 4 is 27.7 Å². The summed E-state index contributed by atoms with van der Waals surface area (Å²) in [5, 5.41) is 2.75. The largest absolute Gasteiger partial charge is 0.493 e. The molecule has 0 aliphatic carbocycles. The Morgan fingerprint density at radius 3 is 2.39 bits per heavy atom. The fourth-order valence-electron chi connectivity index (χ4n) is 3.36. The number of ether oxygens (including phenoxy) is 2. The van der Waals surface area contributed by atoms with Crippen LogP contribution in [0.3, 0.4) is 0 Å². The van der Waals surface area contributed by atoms with Crippen LogP contribution in [-0.2, 0) is 14.8 Å². The molecule has 178 valence electrons. The number of likely N-dealkylation sites (N-methyl/N-ethyl adjacent to an activating group) is 1. The van der Waals surface area contributed by atoms with Gasteiger partial charge in [-0.2, -0.15) is 4.31 Å². The van der Waals surface area contributed by atoms with Gasteiger partial charge in [-0.15, -0.1) is 0 Å². The van der Waals surface area contributed by atoms with Crippen molar-refractivity contribution in [3.8, 4) is 11.5 Å². The lowest BCUT2D eigenvalue weighted by Crippen LogP contribution is -2.46. The third kappa shape index (κ3) is 6.56. The van der Waals surface area contributed by atoms with E-state index in [0.717, 1.165) is 12.0 Å². The van der Waals surface area contributed by atoms with Gasteiger partial charge in [0, 0.05) is 37.9 Å². The van der Waals surface area contributed by atoms with E-state index in [9.17, 15) is 13.2 Å². The van der Waals surface area contributed by atoms with Gasteiger partial charge in [-0.3, -0.25) is 4.79 Å². The molecule has 9 heteroatoms. The Balaban J connectivity index is 1.61. The van der Waals surface area contributed by atoms with Crippen LogP contribution in [0.25, 0.3) is 6.08 Å². The molecule has 0 saturated carbocycles. The van der Waals surface area contributed by atoms with E-state index in [2.05, 4.69) is 10.2 Å². The Kier molecular flexibility index (Phi) is 8.49. The minimum Gasteiger partial charge on any atom is -0.493 e. The minimum absolute atomic E-state index is 0.220. The molecular formula is C24H31N3O5S. The smallest absolute Gasteiger partial charge is 0.248 e. The van der Waals surface area contributed by atoms with Crippen molar-refractivity contribution in [2.24, 2.45) is 0 Å². The summed E-state index contributed by atoms with van der Waals surface area (Å²) in [4.78, 5) is 14.6. The highest BCUT2D eigenvalue weighted by molar-refractivity contribution is 7.89. The zero-order chi connectivity index (χ0) is 23.8. The van der Waals surface area contributed by atoms with E-state index in [4.69, 9.17) is 9.47 Å². The van der Waals surface area contributed by atoms with E-state index < -0.39 is 10.0 Å². The molecule has 1 N–H and O–H groups in total. The summed E-state index contributed by atoms with van der Waals surface area (Å²) in [6.07, 6.45) is 3.98. The van der Waals surface area contributed by atoms with Crippen molar-refractivity contribution in [2.45, 2.75) is 18.2 Å². The first-order chi connectivity index (χ1) is 15.8. The first kappa shape index (κ1) is 24.8. The number of methoxy groups -OCH3 is 1. The van der Waals surface area contributed by atoms with Crippen molar-refractivity contribution < 1.29 is 22.7 Å². The maximum atomic E-state index is 12.8. The Morgan fingerprint density at radius 1 is 1.06 bits per heavy atom. The molecule has 1 saturated heterocycles. The number of benzene rings is 2. The number of carbonyl (C=O) groups excluding carboxylic acids is 1. The molecule has 0 unspecified atom stereocenters. The normalized spacial score (nSPS) is 15.5. The van der Waals surface area contributed by atoms with Gasteiger partial charge in [-0.25, -0.2) is 8.42 Å². The molecule has 8 nitrogen and oxygen atoms in total. The monoisotopic (exact) mass is 473 g/mol. The van der Waals surface area contributed by atoms with Crippen LogP contribution in [-0.4, -0.2) is 70.5 Å². The van der Waals surface area contributed by atoms with E-state index in [1.165, 1.54) is 22.5 Å². The van der Waals surface area contributed by atoms with E-state index >= 15 is 0 Å². The van der Waals surface area contributed by atoms with Gasteiger partial charge in [0.15, 0.2) is 11.5 Å². The molecule has 0 bridgehead atoms. The number of anilines is 1. The maximum absolute atomic E-state index is 12.8. The molecule has 1 fully saturated rings. The third-order valence-electron chi connectivity index (χ3n) is 5.30. The first-order valence-corrected chi connectivity index (χ1v) is 12.4. The third-order valence-corrected chi connectivity index (χ3v) is 7.21. The quantitative estimate of drug-likeness (QED) is 0.563. The van der Waals surface area contributed by atoms with Gasteiger partial charge >= 0.3 is 0 Å². The molecule has 2 aromatic carbocycles. The number of piperazine rings is 1. The Bertz CT molecular complexity index is 1080. The van der Waals surface area contributed by atoms with Crippen LogP contribution in [0.1, 0.15) is 18.9 Å². The van der Waals surface area contributed by atoms with Gasteiger partial charge in [0.25, 0.3) is 0 Å². The van der Waals surface area contributed by atoms with Crippen LogP contribution in [0, 0.1) is 0 Å². The molecule has 0 radical (unpaired) electrons. The number of carbonyl (C=O) groups is 1. The molecule has 1 aliphatic rings. The van der Waals surface area contributed by atoms with E-state index in [-0.39, 0.29) is 10.8 Å². The standard InChI is InChI=1S/C24H31N3O5S/c1-4-17-32-22-11-5-19(18-23(22)31-3)6-12-24(28)25-20-7-9-21(10-8-20)33(29,30)27-15-13-26(2)14-16-27/h5-12,18H,4,13-17H2,1-3H3,(H,25,28)/b12-6+.